The summed E-state index contributed by atoms with van der Waals surface area (Å²) in [6.07, 6.45) is 1.84. The summed E-state index contributed by atoms with van der Waals surface area (Å²) in [5.41, 5.74) is 0.933. The van der Waals surface area contributed by atoms with Crippen molar-refractivity contribution < 1.29 is 9.13 Å². The molecule has 0 saturated carbocycles. The minimum absolute atomic E-state index is 0.642. The number of hydrogen-bond donors (Lipinski definition) is 0. The van der Waals surface area contributed by atoms with Crippen molar-refractivity contribution in [2.75, 3.05) is 0 Å². The number of hydrogen-bond acceptors (Lipinski definition) is 1. The summed E-state index contributed by atoms with van der Waals surface area (Å²) in [5, 5.41) is 2.03. The van der Waals surface area contributed by atoms with Crippen molar-refractivity contribution in [3.05, 3.63) is 48.0 Å². The molecule has 2 heteroatoms. The van der Waals surface area contributed by atoms with Gasteiger partial charge in [0.2, 0.25) is 0 Å². The summed E-state index contributed by atoms with van der Waals surface area (Å²) >= 11 is 0. The van der Waals surface area contributed by atoms with Crippen LogP contribution in [0.5, 0.6) is 5.75 Å². The zero-order valence-electron chi connectivity index (χ0n) is 7.98. The highest BCUT2D eigenvalue weighted by molar-refractivity contribution is 5.92. The maximum absolute atomic E-state index is 13.1. The number of ether oxygens (including phenoxy) is 1. The average molecular weight is 200 g/mol. The minimum Gasteiger partial charge on any atom is -0.456 e. The first-order valence-corrected chi connectivity index (χ1v) is 4.85. The molecule has 1 aliphatic rings. The lowest BCUT2D eigenvalue weighted by molar-refractivity contribution is 0.113. The van der Waals surface area contributed by atoms with E-state index in [2.05, 4.69) is 0 Å². The van der Waals surface area contributed by atoms with Crippen LogP contribution in [0, 0.1) is 0 Å². The molecule has 2 aromatic rings. The fourth-order valence-corrected chi connectivity index (χ4v) is 1.85. The molecule has 0 spiro atoms. The van der Waals surface area contributed by atoms with E-state index in [-0.39, 0.29) is 0 Å². The molecule has 0 saturated heterocycles. The van der Waals surface area contributed by atoms with Gasteiger partial charge in [0.05, 0.1) is 0 Å². The number of rotatable bonds is 0. The highest BCUT2D eigenvalue weighted by Gasteiger charge is 2.15. The minimum atomic E-state index is -1.33. The molecule has 0 fully saturated rings. The van der Waals surface area contributed by atoms with Crippen LogP contribution in [0.4, 0.5) is 4.39 Å². The van der Waals surface area contributed by atoms with Crippen LogP contribution in [0.25, 0.3) is 16.8 Å². The number of alkyl halides is 1. The third-order valence-electron chi connectivity index (χ3n) is 2.57. The van der Waals surface area contributed by atoms with E-state index >= 15 is 0 Å². The zero-order chi connectivity index (χ0) is 10.3. The molecule has 1 atom stereocenters. The average Bonchev–Trinajstić information content (AvgIpc) is 2.29. The van der Waals surface area contributed by atoms with Gasteiger partial charge in [-0.25, -0.2) is 0 Å². The maximum atomic E-state index is 13.1. The van der Waals surface area contributed by atoms with Crippen molar-refractivity contribution >= 4 is 16.8 Å². The first-order valence-electron chi connectivity index (χ1n) is 4.85. The van der Waals surface area contributed by atoms with Gasteiger partial charge in [0.15, 0.2) is 0 Å². The van der Waals surface area contributed by atoms with Gasteiger partial charge in [0, 0.05) is 10.9 Å². The van der Waals surface area contributed by atoms with Crippen LogP contribution in [0.1, 0.15) is 5.56 Å². The van der Waals surface area contributed by atoms with E-state index in [9.17, 15) is 4.39 Å². The van der Waals surface area contributed by atoms with Gasteiger partial charge >= 0.3 is 0 Å². The Balaban J connectivity index is 2.34. The van der Waals surface area contributed by atoms with Gasteiger partial charge < -0.3 is 4.74 Å². The van der Waals surface area contributed by atoms with Gasteiger partial charge in [0.1, 0.15) is 5.75 Å². The lowest BCUT2D eigenvalue weighted by Gasteiger charge is -2.17. The maximum Gasteiger partial charge on any atom is 0.257 e. The lowest BCUT2D eigenvalue weighted by atomic mass is 10.0. The predicted octanol–water partition coefficient (Wildman–Crippen LogP) is 3.54. The summed E-state index contributed by atoms with van der Waals surface area (Å²) in [5.74, 6) is 0.642. The third kappa shape index (κ3) is 1.30. The van der Waals surface area contributed by atoms with Gasteiger partial charge in [-0.1, -0.05) is 36.4 Å². The Morgan fingerprint density at radius 1 is 1.07 bits per heavy atom. The van der Waals surface area contributed by atoms with Gasteiger partial charge in [-0.2, -0.15) is 4.39 Å². The molecule has 0 amide bonds. The fourth-order valence-electron chi connectivity index (χ4n) is 1.85. The molecule has 15 heavy (non-hydrogen) atoms. The normalized spacial score (nSPS) is 18.6. The van der Waals surface area contributed by atoms with E-state index in [1.54, 1.807) is 6.08 Å². The molecule has 0 bridgehead atoms. The molecular weight excluding hydrogens is 191 g/mol. The molecule has 1 heterocycles. The standard InChI is InChI=1S/C13H9FO/c14-12-8-7-10-6-5-9-3-1-2-4-11(9)13(10)15-12/h1-8,12H. The third-order valence-corrected chi connectivity index (χ3v) is 2.57. The van der Waals surface area contributed by atoms with Crippen molar-refractivity contribution in [1.29, 1.82) is 0 Å². The van der Waals surface area contributed by atoms with Crippen LogP contribution in [0.15, 0.2) is 42.5 Å². The van der Waals surface area contributed by atoms with Gasteiger partial charge in [0.25, 0.3) is 6.36 Å². The molecule has 74 valence electrons. The van der Waals surface area contributed by atoms with Crippen molar-refractivity contribution in [1.82, 2.24) is 0 Å². The van der Waals surface area contributed by atoms with Crippen LogP contribution >= 0.6 is 0 Å². The Kier molecular flexibility index (Phi) is 1.75. The van der Waals surface area contributed by atoms with Crippen molar-refractivity contribution in [2.45, 2.75) is 6.36 Å². The topological polar surface area (TPSA) is 9.23 Å². The Bertz CT molecular complexity index is 545. The summed E-state index contributed by atoms with van der Waals surface area (Å²) in [4.78, 5) is 0. The molecule has 3 rings (SSSR count). The second-order valence-corrected chi connectivity index (χ2v) is 3.53. The Hall–Kier alpha value is -1.83. The Labute approximate surface area is 86.8 Å². The molecule has 1 aliphatic heterocycles. The molecular formula is C13H9FO. The van der Waals surface area contributed by atoms with Crippen LogP contribution in [0.2, 0.25) is 0 Å². The van der Waals surface area contributed by atoms with Crippen LogP contribution in [-0.2, 0) is 0 Å². The quantitative estimate of drug-likeness (QED) is 0.632. The molecule has 1 nitrogen and oxygen atoms in total. The molecule has 0 aliphatic carbocycles. The van der Waals surface area contributed by atoms with Gasteiger partial charge in [-0.05, 0) is 17.5 Å². The first-order chi connectivity index (χ1) is 7.34. The predicted molar refractivity (Wildman–Crippen MR) is 58.5 cm³/mol. The summed E-state index contributed by atoms with van der Waals surface area (Å²) in [6.45, 7) is 0. The summed E-state index contributed by atoms with van der Waals surface area (Å²) in [7, 11) is 0. The summed E-state index contributed by atoms with van der Waals surface area (Å²) in [6, 6.07) is 11.8. The second kappa shape index (κ2) is 3.09. The monoisotopic (exact) mass is 200 g/mol. The van der Waals surface area contributed by atoms with Crippen LogP contribution in [-0.4, -0.2) is 6.36 Å². The van der Waals surface area contributed by atoms with E-state index in [1.807, 2.05) is 36.4 Å². The van der Waals surface area contributed by atoms with E-state index in [0.29, 0.717) is 5.75 Å². The molecule has 2 aromatic carbocycles. The molecule has 1 unspecified atom stereocenters. The lowest BCUT2D eigenvalue weighted by Crippen LogP contribution is -2.10. The van der Waals surface area contributed by atoms with Crippen LogP contribution in [0.3, 0.4) is 0 Å². The van der Waals surface area contributed by atoms with E-state index in [1.165, 1.54) is 6.08 Å². The highest BCUT2D eigenvalue weighted by Crippen LogP contribution is 2.34. The molecule has 0 aromatic heterocycles. The van der Waals surface area contributed by atoms with Crippen molar-refractivity contribution in [2.24, 2.45) is 0 Å². The van der Waals surface area contributed by atoms with E-state index in [4.69, 9.17) is 4.74 Å². The molecule has 0 N–H and O–H groups in total. The van der Waals surface area contributed by atoms with Crippen LogP contribution < -0.4 is 4.74 Å². The van der Waals surface area contributed by atoms with E-state index in [0.717, 1.165) is 16.3 Å². The number of halogens is 1. The van der Waals surface area contributed by atoms with Gasteiger partial charge in [-0.3, -0.25) is 0 Å². The summed E-state index contributed by atoms with van der Waals surface area (Å²) < 4.78 is 18.3. The van der Waals surface area contributed by atoms with Crippen molar-refractivity contribution in [3.63, 3.8) is 0 Å². The van der Waals surface area contributed by atoms with Gasteiger partial charge in [-0.15, -0.1) is 0 Å². The Morgan fingerprint density at radius 3 is 2.87 bits per heavy atom. The number of benzene rings is 2. The zero-order valence-corrected chi connectivity index (χ0v) is 7.98. The first kappa shape index (κ1) is 8.48. The molecule has 0 radical (unpaired) electrons. The SMILES string of the molecule is FC1C=Cc2ccc3ccccc3c2O1. The van der Waals surface area contributed by atoms with E-state index < -0.39 is 6.36 Å². The largest absolute Gasteiger partial charge is 0.456 e. The second-order valence-electron chi connectivity index (χ2n) is 3.53. The fraction of sp³-hybridized carbons (Fsp3) is 0.0769. The smallest absolute Gasteiger partial charge is 0.257 e. The van der Waals surface area contributed by atoms with Crippen molar-refractivity contribution in [3.8, 4) is 5.75 Å². The number of fused-ring (bicyclic) bond motifs is 3. The highest BCUT2D eigenvalue weighted by atomic mass is 19.1. The Morgan fingerprint density at radius 2 is 1.93 bits per heavy atom.